The van der Waals surface area contributed by atoms with Gasteiger partial charge in [-0.25, -0.2) is 12.2 Å². The molecule has 0 bridgehead atoms. The fourth-order valence-corrected chi connectivity index (χ4v) is 2.87. The van der Waals surface area contributed by atoms with Crippen molar-refractivity contribution in [1.82, 2.24) is 0 Å². The first-order chi connectivity index (χ1) is 12.9. The quantitative estimate of drug-likeness (QED) is 0.173. The van der Waals surface area contributed by atoms with E-state index in [0.717, 1.165) is 6.42 Å². The molecule has 1 aliphatic rings. The van der Waals surface area contributed by atoms with E-state index in [4.69, 9.17) is 0 Å². The fourth-order valence-electron chi connectivity index (χ4n) is 2.87. The van der Waals surface area contributed by atoms with Gasteiger partial charge in [-0.3, -0.25) is 6.08 Å². The number of hydrogen-bond acceptors (Lipinski definition) is 0. The minimum atomic E-state index is 0. The van der Waals surface area contributed by atoms with Gasteiger partial charge in [0.15, 0.2) is 0 Å². The molecule has 0 heterocycles. The van der Waals surface area contributed by atoms with Crippen molar-refractivity contribution in [3.8, 4) is 11.1 Å². The monoisotopic (exact) mass is 547 g/mol. The Balaban J connectivity index is -0.000000196. The van der Waals surface area contributed by atoms with Crippen molar-refractivity contribution in [2.75, 3.05) is 0 Å². The van der Waals surface area contributed by atoms with Gasteiger partial charge in [0.2, 0.25) is 0 Å². The summed E-state index contributed by atoms with van der Waals surface area (Å²) in [6, 6.07) is 23.4. The van der Waals surface area contributed by atoms with E-state index in [-0.39, 0.29) is 69.4 Å². The zero-order chi connectivity index (χ0) is 18.5. The van der Waals surface area contributed by atoms with E-state index < -0.39 is 0 Å². The van der Waals surface area contributed by atoms with Gasteiger partial charge in [-0.15, -0.1) is 60.2 Å². The maximum atomic E-state index is 2.99. The SMILES string of the molecule is CCCCCC.Cl.Cl.[C-]1=CC=CC1.[CH3-].[Si].[Zr+3].c1ccc(-c2cccc3[cH-]ccc23)cc1. The third-order valence-corrected chi connectivity index (χ3v) is 4.31. The Bertz CT molecular complexity index is 796. The van der Waals surface area contributed by atoms with E-state index in [9.17, 15) is 0 Å². The molecular formula is C27H35Cl2SiZr. The van der Waals surface area contributed by atoms with Gasteiger partial charge in [0.05, 0.1) is 0 Å². The molecule has 0 spiro atoms. The first-order valence-corrected chi connectivity index (χ1v) is 9.78. The van der Waals surface area contributed by atoms with Crippen LogP contribution in [0.5, 0.6) is 0 Å². The summed E-state index contributed by atoms with van der Waals surface area (Å²) in [6.45, 7) is 4.46. The molecule has 0 saturated heterocycles. The molecule has 0 amide bonds. The average molecular weight is 550 g/mol. The first-order valence-electron chi connectivity index (χ1n) is 9.78. The normalized spacial score (nSPS) is 9.74. The van der Waals surface area contributed by atoms with Crippen LogP contribution >= 0.6 is 24.8 Å². The van der Waals surface area contributed by atoms with Crippen molar-refractivity contribution in [1.29, 1.82) is 0 Å². The van der Waals surface area contributed by atoms with E-state index in [1.165, 1.54) is 47.6 Å². The van der Waals surface area contributed by atoms with Crippen LogP contribution in [-0.2, 0) is 26.2 Å². The summed E-state index contributed by atoms with van der Waals surface area (Å²) in [5, 5.41) is 2.65. The second kappa shape index (κ2) is 23.9. The number of halogens is 2. The summed E-state index contributed by atoms with van der Waals surface area (Å²) >= 11 is 0. The Morgan fingerprint density at radius 2 is 1.52 bits per heavy atom. The third kappa shape index (κ3) is 14.1. The van der Waals surface area contributed by atoms with Crippen LogP contribution in [0.25, 0.3) is 21.9 Å². The number of benzene rings is 2. The summed E-state index contributed by atoms with van der Waals surface area (Å²) in [4.78, 5) is 0. The molecule has 4 rings (SSSR count). The zero-order valence-electron chi connectivity index (χ0n) is 18.9. The molecule has 3 aromatic carbocycles. The molecule has 31 heavy (non-hydrogen) atoms. The van der Waals surface area contributed by atoms with Crippen LogP contribution in [-0.4, -0.2) is 11.0 Å². The van der Waals surface area contributed by atoms with Crippen molar-refractivity contribution >= 4 is 46.6 Å². The molecule has 1 aliphatic carbocycles. The summed E-state index contributed by atoms with van der Waals surface area (Å²) in [5.41, 5.74) is 2.60. The third-order valence-electron chi connectivity index (χ3n) is 4.31. The second-order valence-electron chi connectivity index (χ2n) is 6.41. The van der Waals surface area contributed by atoms with Gasteiger partial charge in [0, 0.05) is 11.0 Å². The van der Waals surface area contributed by atoms with Gasteiger partial charge in [-0.1, -0.05) is 81.5 Å². The predicted octanol–water partition coefficient (Wildman–Crippen LogP) is 9.03. The van der Waals surface area contributed by atoms with Crippen LogP contribution in [0, 0.1) is 13.5 Å². The number of allylic oxidation sites excluding steroid dienone is 4. The van der Waals surface area contributed by atoms with Crippen molar-refractivity contribution < 1.29 is 26.2 Å². The van der Waals surface area contributed by atoms with Gasteiger partial charge in [-0.05, 0) is 5.56 Å². The minimum Gasteiger partial charge on any atom is -0.358 e. The average Bonchev–Trinajstić information content (AvgIpc) is 3.41. The largest absolute Gasteiger partial charge is 3.00 e. The summed E-state index contributed by atoms with van der Waals surface area (Å²) in [6.07, 6.45) is 15.5. The van der Waals surface area contributed by atoms with Crippen LogP contribution in [0.15, 0.2) is 85.0 Å². The summed E-state index contributed by atoms with van der Waals surface area (Å²) < 4.78 is 0. The van der Waals surface area contributed by atoms with Crippen LogP contribution in [0.2, 0.25) is 0 Å². The van der Waals surface area contributed by atoms with E-state index in [1.54, 1.807) is 0 Å². The van der Waals surface area contributed by atoms with Gasteiger partial charge >= 0.3 is 26.2 Å². The van der Waals surface area contributed by atoms with Crippen molar-refractivity contribution in [2.45, 2.75) is 46.0 Å². The number of fused-ring (bicyclic) bond motifs is 1. The Morgan fingerprint density at radius 3 is 2.00 bits per heavy atom. The maximum absolute atomic E-state index is 2.99. The van der Waals surface area contributed by atoms with Crippen molar-refractivity contribution in [2.24, 2.45) is 0 Å². The second-order valence-corrected chi connectivity index (χ2v) is 6.41. The predicted molar refractivity (Wildman–Crippen MR) is 143 cm³/mol. The van der Waals surface area contributed by atoms with Crippen LogP contribution in [0.1, 0.15) is 46.0 Å². The van der Waals surface area contributed by atoms with Gasteiger partial charge < -0.3 is 7.43 Å². The van der Waals surface area contributed by atoms with Gasteiger partial charge in [0.25, 0.3) is 0 Å². The van der Waals surface area contributed by atoms with E-state index in [2.05, 4.69) is 92.7 Å². The van der Waals surface area contributed by atoms with E-state index in [0.29, 0.717) is 0 Å². The van der Waals surface area contributed by atoms with E-state index in [1.807, 2.05) is 12.2 Å². The minimum absolute atomic E-state index is 0. The van der Waals surface area contributed by atoms with Gasteiger partial charge in [0.1, 0.15) is 0 Å². The molecule has 0 saturated carbocycles. The number of unbranched alkanes of at least 4 members (excludes halogenated alkanes) is 3. The molecule has 0 fully saturated rings. The Morgan fingerprint density at radius 1 is 0.871 bits per heavy atom. The van der Waals surface area contributed by atoms with E-state index >= 15 is 0 Å². The smallest absolute Gasteiger partial charge is 0.358 e. The molecule has 0 unspecified atom stereocenters. The Labute approximate surface area is 226 Å². The molecule has 0 aromatic heterocycles. The standard InChI is InChI=1S/C15H11.C6H14.C5H5.CH3.2ClH.Si.Zr/c1-2-6-12(7-3-1)14-10-4-8-13-9-5-11-15(13)14;1-3-5-6-4-2;1-2-4-5-3-1;;;;;/h1-11H;3-6H2,1-2H3;1-3H,4H2;1H3;2*1H;;/q-1;;2*-1;;;;+3. The van der Waals surface area contributed by atoms with Crippen LogP contribution in [0.4, 0.5) is 0 Å². The number of hydrogen-bond donors (Lipinski definition) is 0. The summed E-state index contributed by atoms with van der Waals surface area (Å²) in [5.74, 6) is 0. The van der Waals surface area contributed by atoms with Crippen LogP contribution in [0.3, 0.4) is 0 Å². The fraction of sp³-hybridized carbons (Fsp3) is 0.259. The molecule has 0 aliphatic heterocycles. The topological polar surface area (TPSA) is 0 Å². The molecule has 5 radical (unpaired) electrons. The Kier molecular flexibility index (Phi) is 28.9. The zero-order valence-corrected chi connectivity index (χ0v) is 24.0. The first kappa shape index (κ1) is 37.5. The summed E-state index contributed by atoms with van der Waals surface area (Å²) in [7, 11) is 0. The molecular weight excluding hydrogens is 515 g/mol. The molecule has 3 aromatic rings. The molecule has 0 nitrogen and oxygen atoms in total. The number of rotatable bonds is 4. The molecule has 165 valence electrons. The maximum Gasteiger partial charge on any atom is 3.00 e. The van der Waals surface area contributed by atoms with Crippen LogP contribution < -0.4 is 0 Å². The van der Waals surface area contributed by atoms with Crippen molar-refractivity contribution in [3.05, 3.63) is 98.5 Å². The molecule has 0 N–H and O–H groups in total. The van der Waals surface area contributed by atoms with Crippen molar-refractivity contribution in [3.63, 3.8) is 0 Å². The molecule has 0 atom stereocenters. The van der Waals surface area contributed by atoms with Gasteiger partial charge in [-0.2, -0.15) is 18.2 Å². The Hall–Kier alpha value is -0.790. The molecule has 4 heteroatoms.